The van der Waals surface area contributed by atoms with Crippen molar-refractivity contribution in [2.75, 3.05) is 12.0 Å². The summed E-state index contributed by atoms with van der Waals surface area (Å²) < 4.78 is 4.93. The number of benzene rings is 2. The van der Waals surface area contributed by atoms with Crippen molar-refractivity contribution in [1.82, 2.24) is 0 Å². The number of halogens is 1. The SMILES string of the molecule is COc1cc([N+](=O)[O-])cc(/C=C2/SC(=O)N(c3ccc(Cl)cc3)C2=O)c1O. The molecule has 0 radical (unpaired) electrons. The lowest BCUT2D eigenvalue weighted by Crippen LogP contribution is -2.27. The van der Waals surface area contributed by atoms with Gasteiger partial charge in [-0.1, -0.05) is 11.6 Å². The zero-order valence-electron chi connectivity index (χ0n) is 13.7. The molecule has 1 aliphatic heterocycles. The van der Waals surface area contributed by atoms with Crippen LogP contribution in [0.3, 0.4) is 0 Å². The molecule has 1 fully saturated rings. The number of nitrogens with zero attached hydrogens (tertiary/aromatic N) is 2. The summed E-state index contributed by atoms with van der Waals surface area (Å²) in [6, 6.07) is 8.29. The number of amides is 2. The van der Waals surface area contributed by atoms with Crippen molar-refractivity contribution in [3.05, 3.63) is 62.0 Å². The second kappa shape index (κ2) is 7.29. The topological polar surface area (TPSA) is 110 Å². The van der Waals surface area contributed by atoms with Crippen molar-refractivity contribution in [2.45, 2.75) is 0 Å². The van der Waals surface area contributed by atoms with Crippen molar-refractivity contribution in [3.8, 4) is 11.5 Å². The quantitative estimate of drug-likeness (QED) is 0.460. The Hall–Kier alpha value is -3.04. The number of ether oxygens (including phenoxy) is 1. The molecule has 0 spiro atoms. The predicted molar refractivity (Wildman–Crippen MR) is 101 cm³/mol. The van der Waals surface area contributed by atoms with Crippen LogP contribution in [0.1, 0.15) is 5.56 Å². The van der Waals surface area contributed by atoms with E-state index in [0.717, 1.165) is 17.0 Å². The lowest BCUT2D eigenvalue weighted by atomic mass is 10.1. The summed E-state index contributed by atoms with van der Waals surface area (Å²) in [5.41, 5.74) is 0.00151. The van der Waals surface area contributed by atoms with Gasteiger partial charge in [-0.05, 0) is 42.1 Å². The normalized spacial score (nSPS) is 15.5. The number of methoxy groups -OCH3 is 1. The van der Waals surface area contributed by atoms with Gasteiger partial charge in [-0.15, -0.1) is 0 Å². The highest BCUT2D eigenvalue weighted by Crippen LogP contribution is 2.40. The zero-order chi connectivity index (χ0) is 19.7. The second-order valence-corrected chi connectivity index (χ2v) is 6.77. The third-order valence-electron chi connectivity index (χ3n) is 3.69. The van der Waals surface area contributed by atoms with E-state index >= 15 is 0 Å². The fourth-order valence-corrected chi connectivity index (χ4v) is 3.37. The maximum atomic E-state index is 12.6. The molecule has 8 nitrogen and oxygen atoms in total. The highest BCUT2D eigenvalue weighted by Gasteiger charge is 2.36. The molecule has 0 aliphatic carbocycles. The van der Waals surface area contributed by atoms with Gasteiger partial charge >= 0.3 is 0 Å². The van der Waals surface area contributed by atoms with Crippen LogP contribution in [-0.2, 0) is 4.79 Å². The molecule has 138 valence electrons. The summed E-state index contributed by atoms with van der Waals surface area (Å²) in [6.45, 7) is 0. The van der Waals surface area contributed by atoms with E-state index < -0.39 is 16.1 Å². The Balaban J connectivity index is 2.02. The van der Waals surface area contributed by atoms with E-state index in [9.17, 15) is 24.8 Å². The van der Waals surface area contributed by atoms with Crippen LogP contribution in [0.25, 0.3) is 6.08 Å². The van der Waals surface area contributed by atoms with Gasteiger partial charge in [-0.25, -0.2) is 4.90 Å². The lowest BCUT2D eigenvalue weighted by molar-refractivity contribution is -0.385. The number of imide groups is 1. The number of thioether (sulfide) groups is 1. The van der Waals surface area contributed by atoms with E-state index in [1.807, 2.05) is 0 Å². The van der Waals surface area contributed by atoms with E-state index in [1.165, 1.54) is 25.3 Å². The molecular formula is C17H11ClN2O6S. The first-order chi connectivity index (χ1) is 12.8. The minimum Gasteiger partial charge on any atom is -0.504 e. The highest BCUT2D eigenvalue weighted by atomic mass is 35.5. The van der Waals surface area contributed by atoms with E-state index in [4.69, 9.17) is 16.3 Å². The molecule has 0 unspecified atom stereocenters. The third-order valence-corrected chi connectivity index (χ3v) is 4.81. The molecule has 1 heterocycles. The first-order valence-corrected chi connectivity index (χ1v) is 8.60. The average Bonchev–Trinajstić information content (AvgIpc) is 2.91. The van der Waals surface area contributed by atoms with Crippen LogP contribution >= 0.6 is 23.4 Å². The van der Waals surface area contributed by atoms with Crippen LogP contribution in [-0.4, -0.2) is 28.3 Å². The molecule has 2 aromatic carbocycles. The number of rotatable bonds is 4. The van der Waals surface area contributed by atoms with Crippen molar-refractivity contribution >= 4 is 52.0 Å². The monoisotopic (exact) mass is 406 g/mol. The summed E-state index contributed by atoms with van der Waals surface area (Å²) >= 11 is 6.47. The zero-order valence-corrected chi connectivity index (χ0v) is 15.3. The van der Waals surface area contributed by atoms with Crippen LogP contribution in [0.2, 0.25) is 5.02 Å². The molecule has 0 bridgehead atoms. The van der Waals surface area contributed by atoms with Gasteiger partial charge in [0.2, 0.25) is 0 Å². The number of hydrogen-bond donors (Lipinski definition) is 1. The Labute approximate surface area is 162 Å². The van der Waals surface area contributed by atoms with Gasteiger partial charge < -0.3 is 9.84 Å². The van der Waals surface area contributed by atoms with E-state index in [0.29, 0.717) is 22.5 Å². The van der Waals surface area contributed by atoms with Gasteiger partial charge in [0.15, 0.2) is 11.5 Å². The predicted octanol–water partition coefficient (Wildman–Crippen LogP) is 4.20. The Morgan fingerprint density at radius 1 is 1.26 bits per heavy atom. The summed E-state index contributed by atoms with van der Waals surface area (Å²) in [6.07, 6.45) is 1.21. The van der Waals surface area contributed by atoms with Gasteiger partial charge in [0.1, 0.15) is 0 Å². The Kier molecular flexibility index (Phi) is 5.06. The van der Waals surface area contributed by atoms with Crippen LogP contribution in [0.5, 0.6) is 11.5 Å². The Morgan fingerprint density at radius 2 is 1.93 bits per heavy atom. The molecule has 3 rings (SSSR count). The smallest absolute Gasteiger partial charge is 0.298 e. The maximum Gasteiger partial charge on any atom is 0.298 e. The molecule has 0 atom stereocenters. The molecule has 10 heteroatoms. The van der Waals surface area contributed by atoms with Crippen LogP contribution in [0.4, 0.5) is 16.2 Å². The maximum absolute atomic E-state index is 12.6. The average molecular weight is 407 g/mol. The molecule has 2 amide bonds. The molecular weight excluding hydrogens is 396 g/mol. The molecule has 1 N–H and O–H groups in total. The van der Waals surface area contributed by atoms with E-state index in [1.54, 1.807) is 12.1 Å². The number of non-ortho nitro benzene ring substituents is 1. The standard InChI is InChI=1S/C17H11ClN2O6S/c1-26-13-8-12(20(24)25)6-9(15(13)21)7-14-16(22)19(17(23)27-14)11-4-2-10(18)3-5-11/h2-8,21H,1H3/b14-7+. The Bertz CT molecular complexity index is 990. The van der Waals surface area contributed by atoms with Crippen LogP contribution in [0.15, 0.2) is 41.3 Å². The number of nitro groups is 1. The molecule has 2 aromatic rings. The van der Waals surface area contributed by atoms with Crippen molar-refractivity contribution in [3.63, 3.8) is 0 Å². The largest absolute Gasteiger partial charge is 0.504 e. The van der Waals surface area contributed by atoms with Gasteiger partial charge in [0.05, 0.1) is 28.7 Å². The number of aromatic hydroxyl groups is 1. The fraction of sp³-hybridized carbons (Fsp3) is 0.0588. The van der Waals surface area contributed by atoms with Crippen LogP contribution < -0.4 is 9.64 Å². The third kappa shape index (κ3) is 3.60. The number of anilines is 1. The van der Waals surface area contributed by atoms with Crippen molar-refractivity contribution < 1.29 is 24.4 Å². The summed E-state index contributed by atoms with van der Waals surface area (Å²) in [5.74, 6) is -1.11. The molecule has 1 saturated heterocycles. The molecule has 1 aliphatic rings. The minimum atomic E-state index is -0.654. The van der Waals surface area contributed by atoms with Gasteiger partial charge in [0, 0.05) is 16.7 Å². The number of phenolic OH excluding ortho intramolecular Hbond substituents is 1. The highest BCUT2D eigenvalue weighted by molar-refractivity contribution is 8.19. The summed E-state index contributed by atoms with van der Waals surface area (Å²) in [7, 11) is 1.25. The second-order valence-electron chi connectivity index (χ2n) is 5.34. The molecule has 0 aromatic heterocycles. The van der Waals surface area contributed by atoms with Gasteiger partial charge in [-0.2, -0.15) is 0 Å². The number of nitro benzene ring substituents is 1. The van der Waals surface area contributed by atoms with Gasteiger partial charge in [0.25, 0.3) is 16.8 Å². The number of hydrogen-bond acceptors (Lipinski definition) is 7. The summed E-state index contributed by atoms with van der Waals surface area (Å²) in [4.78, 5) is 36.2. The Morgan fingerprint density at radius 3 is 2.52 bits per heavy atom. The van der Waals surface area contributed by atoms with E-state index in [-0.39, 0.29) is 27.7 Å². The van der Waals surface area contributed by atoms with Crippen molar-refractivity contribution in [2.24, 2.45) is 0 Å². The number of carbonyl (C=O) groups excluding carboxylic acids is 2. The summed E-state index contributed by atoms with van der Waals surface area (Å²) in [5, 5.41) is 21.2. The molecule has 27 heavy (non-hydrogen) atoms. The van der Waals surface area contributed by atoms with Crippen molar-refractivity contribution in [1.29, 1.82) is 0 Å². The minimum absolute atomic E-state index is 0.00722. The first kappa shape index (κ1) is 18.7. The van der Waals surface area contributed by atoms with Gasteiger partial charge in [-0.3, -0.25) is 19.7 Å². The number of phenols is 1. The lowest BCUT2D eigenvalue weighted by Gasteiger charge is -2.12. The van der Waals surface area contributed by atoms with E-state index in [2.05, 4.69) is 0 Å². The molecule has 0 saturated carbocycles. The number of carbonyl (C=O) groups is 2. The fourth-order valence-electron chi connectivity index (χ4n) is 2.41. The first-order valence-electron chi connectivity index (χ1n) is 7.40. The van der Waals surface area contributed by atoms with Crippen LogP contribution in [0, 0.1) is 10.1 Å².